The SMILES string of the molecule is O=C(NCc1ccc2occc2c1)NC1CCS(=O)C1. The molecule has 2 N–H and O–H groups in total. The molecule has 2 atom stereocenters. The van der Waals surface area contributed by atoms with Gasteiger partial charge in [-0.2, -0.15) is 0 Å². The first-order valence-electron chi connectivity index (χ1n) is 6.56. The van der Waals surface area contributed by atoms with Gasteiger partial charge in [-0.15, -0.1) is 0 Å². The van der Waals surface area contributed by atoms with E-state index in [2.05, 4.69) is 10.6 Å². The normalized spacial score (nSPS) is 22.0. The molecule has 5 nitrogen and oxygen atoms in total. The number of carbonyl (C=O) groups excluding carboxylic acids is 1. The Morgan fingerprint density at radius 3 is 3.10 bits per heavy atom. The van der Waals surface area contributed by atoms with E-state index in [1.807, 2.05) is 24.3 Å². The van der Waals surface area contributed by atoms with Crippen molar-refractivity contribution in [2.45, 2.75) is 19.0 Å². The number of hydrogen-bond acceptors (Lipinski definition) is 3. The Kier molecular flexibility index (Phi) is 3.73. The van der Waals surface area contributed by atoms with Crippen molar-refractivity contribution in [2.75, 3.05) is 11.5 Å². The van der Waals surface area contributed by atoms with Gasteiger partial charge in [0.2, 0.25) is 0 Å². The van der Waals surface area contributed by atoms with Crippen molar-refractivity contribution in [3.05, 3.63) is 36.1 Å². The van der Waals surface area contributed by atoms with Crippen LogP contribution in [-0.2, 0) is 17.3 Å². The van der Waals surface area contributed by atoms with Crippen molar-refractivity contribution in [1.82, 2.24) is 10.6 Å². The highest BCUT2D eigenvalue weighted by Crippen LogP contribution is 2.16. The van der Waals surface area contributed by atoms with E-state index in [1.54, 1.807) is 6.26 Å². The summed E-state index contributed by atoms with van der Waals surface area (Å²) in [5, 5.41) is 6.69. The average Bonchev–Trinajstić information content (AvgIpc) is 3.04. The van der Waals surface area contributed by atoms with Crippen molar-refractivity contribution in [3.63, 3.8) is 0 Å². The van der Waals surface area contributed by atoms with Crippen molar-refractivity contribution < 1.29 is 13.4 Å². The molecule has 106 valence electrons. The summed E-state index contributed by atoms with van der Waals surface area (Å²) in [5.41, 5.74) is 1.86. The van der Waals surface area contributed by atoms with E-state index in [0.717, 1.165) is 23.0 Å². The van der Waals surface area contributed by atoms with Crippen LogP contribution in [0, 0.1) is 0 Å². The highest BCUT2D eigenvalue weighted by atomic mass is 32.2. The lowest BCUT2D eigenvalue weighted by atomic mass is 10.1. The predicted molar refractivity (Wildman–Crippen MR) is 77.9 cm³/mol. The summed E-state index contributed by atoms with van der Waals surface area (Å²) in [5.74, 6) is 1.25. The third kappa shape index (κ3) is 3.01. The molecular weight excluding hydrogens is 276 g/mol. The maximum absolute atomic E-state index is 11.8. The van der Waals surface area contributed by atoms with Crippen LogP contribution in [0.5, 0.6) is 0 Å². The summed E-state index contributed by atoms with van der Waals surface area (Å²) >= 11 is 0. The van der Waals surface area contributed by atoms with Gasteiger partial charge >= 0.3 is 6.03 Å². The van der Waals surface area contributed by atoms with Gasteiger partial charge in [-0.25, -0.2) is 4.79 Å². The van der Waals surface area contributed by atoms with Gasteiger partial charge in [0.25, 0.3) is 0 Å². The minimum absolute atomic E-state index is 0.0344. The van der Waals surface area contributed by atoms with E-state index >= 15 is 0 Å². The zero-order valence-electron chi connectivity index (χ0n) is 10.9. The molecule has 1 aliphatic heterocycles. The molecule has 0 spiro atoms. The number of hydrogen-bond donors (Lipinski definition) is 2. The molecule has 0 radical (unpaired) electrons. The van der Waals surface area contributed by atoms with Crippen LogP contribution < -0.4 is 10.6 Å². The summed E-state index contributed by atoms with van der Waals surface area (Å²) in [6.07, 6.45) is 2.44. The number of fused-ring (bicyclic) bond motifs is 1. The fourth-order valence-corrected chi connectivity index (χ4v) is 3.74. The summed E-state index contributed by atoms with van der Waals surface area (Å²) in [6, 6.07) is 7.53. The Bertz CT molecular complexity index is 653. The largest absolute Gasteiger partial charge is 0.464 e. The fraction of sp³-hybridized carbons (Fsp3) is 0.357. The molecule has 1 fully saturated rings. The Hall–Kier alpha value is -1.82. The second-order valence-electron chi connectivity index (χ2n) is 4.92. The summed E-state index contributed by atoms with van der Waals surface area (Å²) in [6.45, 7) is 0.461. The van der Waals surface area contributed by atoms with E-state index in [-0.39, 0.29) is 12.1 Å². The Balaban J connectivity index is 1.53. The van der Waals surface area contributed by atoms with E-state index in [9.17, 15) is 9.00 Å². The first kappa shape index (κ1) is 13.2. The third-order valence-electron chi connectivity index (χ3n) is 3.39. The van der Waals surface area contributed by atoms with E-state index in [4.69, 9.17) is 4.42 Å². The molecule has 3 rings (SSSR count). The lowest BCUT2D eigenvalue weighted by molar-refractivity contribution is 0.237. The molecule has 2 aromatic rings. The van der Waals surface area contributed by atoms with Crippen LogP contribution in [-0.4, -0.2) is 27.8 Å². The molecule has 6 heteroatoms. The molecule has 0 saturated carbocycles. The maximum Gasteiger partial charge on any atom is 0.315 e. The fourth-order valence-electron chi connectivity index (χ4n) is 2.32. The summed E-state index contributed by atoms with van der Waals surface area (Å²) < 4.78 is 16.5. The van der Waals surface area contributed by atoms with Crippen LogP contribution in [0.4, 0.5) is 4.79 Å². The van der Waals surface area contributed by atoms with Gasteiger partial charge in [-0.3, -0.25) is 4.21 Å². The molecule has 0 bridgehead atoms. The smallest absolute Gasteiger partial charge is 0.315 e. The molecule has 2 unspecified atom stereocenters. The van der Waals surface area contributed by atoms with Crippen LogP contribution in [0.15, 0.2) is 34.9 Å². The number of amides is 2. The average molecular weight is 292 g/mol. The monoisotopic (exact) mass is 292 g/mol. The van der Waals surface area contributed by atoms with Gasteiger partial charge in [-0.1, -0.05) is 6.07 Å². The van der Waals surface area contributed by atoms with Crippen molar-refractivity contribution in [3.8, 4) is 0 Å². The number of urea groups is 1. The van der Waals surface area contributed by atoms with Crippen LogP contribution in [0.25, 0.3) is 11.0 Å². The van der Waals surface area contributed by atoms with Gasteiger partial charge in [0.15, 0.2) is 0 Å². The van der Waals surface area contributed by atoms with Gasteiger partial charge < -0.3 is 15.1 Å². The zero-order chi connectivity index (χ0) is 13.9. The Morgan fingerprint density at radius 2 is 2.30 bits per heavy atom. The van der Waals surface area contributed by atoms with E-state index in [1.165, 1.54) is 0 Å². The minimum Gasteiger partial charge on any atom is -0.464 e. The highest BCUT2D eigenvalue weighted by Gasteiger charge is 2.22. The van der Waals surface area contributed by atoms with Gasteiger partial charge in [0.05, 0.1) is 6.26 Å². The number of nitrogens with one attached hydrogen (secondary N) is 2. The van der Waals surface area contributed by atoms with Crippen molar-refractivity contribution in [1.29, 1.82) is 0 Å². The number of benzene rings is 1. The van der Waals surface area contributed by atoms with Crippen molar-refractivity contribution in [2.24, 2.45) is 0 Å². The first-order valence-corrected chi connectivity index (χ1v) is 8.05. The number of furan rings is 1. The van der Waals surface area contributed by atoms with Crippen molar-refractivity contribution >= 4 is 27.8 Å². The number of carbonyl (C=O) groups is 1. The van der Waals surface area contributed by atoms with Crippen LogP contribution in [0.1, 0.15) is 12.0 Å². The van der Waals surface area contributed by atoms with E-state index < -0.39 is 10.8 Å². The standard InChI is InChI=1S/C14H16N2O3S/c17-14(16-12-4-6-20(18)9-12)15-8-10-1-2-13-11(7-10)3-5-19-13/h1-3,5,7,12H,4,6,8-9H2,(H2,15,16,17). The Morgan fingerprint density at radius 1 is 1.40 bits per heavy atom. The highest BCUT2D eigenvalue weighted by molar-refractivity contribution is 7.85. The summed E-state index contributed by atoms with van der Waals surface area (Å²) in [4.78, 5) is 11.8. The van der Waals surface area contributed by atoms with Crippen LogP contribution in [0.3, 0.4) is 0 Å². The van der Waals surface area contributed by atoms with Crippen LogP contribution >= 0.6 is 0 Å². The lowest BCUT2D eigenvalue weighted by Gasteiger charge is -2.12. The molecule has 20 heavy (non-hydrogen) atoms. The molecule has 1 aromatic carbocycles. The third-order valence-corrected chi connectivity index (χ3v) is 4.85. The maximum atomic E-state index is 11.8. The second kappa shape index (κ2) is 5.66. The van der Waals surface area contributed by atoms with Gasteiger partial charge in [0, 0.05) is 40.3 Å². The first-order chi connectivity index (χ1) is 9.70. The number of rotatable bonds is 3. The zero-order valence-corrected chi connectivity index (χ0v) is 11.7. The molecule has 1 aromatic heterocycles. The van der Waals surface area contributed by atoms with E-state index in [0.29, 0.717) is 18.1 Å². The summed E-state index contributed by atoms with van der Waals surface area (Å²) in [7, 11) is -0.773. The van der Waals surface area contributed by atoms with Gasteiger partial charge in [-0.05, 0) is 30.2 Å². The van der Waals surface area contributed by atoms with Crippen LogP contribution in [0.2, 0.25) is 0 Å². The molecule has 0 aliphatic carbocycles. The quantitative estimate of drug-likeness (QED) is 0.905. The predicted octanol–water partition coefficient (Wildman–Crippen LogP) is 1.75. The second-order valence-corrected chi connectivity index (χ2v) is 6.54. The lowest BCUT2D eigenvalue weighted by Crippen LogP contribution is -2.42. The molecule has 2 amide bonds. The van der Waals surface area contributed by atoms with Gasteiger partial charge in [0.1, 0.15) is 5.58 Å². The molecule has 1 aliphatic rings. The molecule has 1 saturated heterocycles. The Labute approximate surface area is 119 Å². The molecule has 2 heterocycles. The minimum atomic E-state index is -0.773. The topological polar surface area (TPSA) is 71.3 Å². The molecular formula is C14H16N2O3S.